The summed E-state index contributed by atoms with van der Waals surface area (Å²) in [4.78, 5) is 22.2. The van der Waals surface area contributed by atoms with Crippen molar-refractivity contribution in [3.8, 4) is 11.8 Å². The van der Waals surface area contributed by atoms with Gasteiger partial charge < -0.3 is 10.2 Å². The molecule has 1 fully saturated rings. The highest BCUT2D eigenvalue weighted by molar-refractivity contribution is 5.66. The molecule has 1 aromatic heterocycles. The first-order chi connectivity index (χ1) is 14.8. The molecule has 1 aliphatic carbocycles. The van der Waals surface area contributed by atoms with Crippen LogP contribution in [0, 0.1) is 11.8 Å². The molecule has 0 amide bonds. The summed E-state index contributed by atoms with van der Waals surface area (Å²) < 4.78 is 1.93. The Balaban J connectivity index is 0.000000628. The maximum absolute atomic E-state index is 10.9. The van der Waals surface area contributed by atoms with Crippen molar-refractivity contribution in [1.29, 1.82) is 0 Å². The van der Waals surface area contributed by atoms with Crippen molar-refractivity contribution in [3.05, 3.63) is 52.8 Å². The van der Waals surface area contributed by atoms with Crippen LogP contribution in [0.3, 0.4) is 0 Å². The van der Waals surface area contributed by atoms with Crippen LogP contribution in [0.2, 0.25) is 0 Å². The van der Waals surface area contributed by atoms with Gasteiger partial charge >= 0.3 is 5.97 Å². The Morgan fingerprint density at radius 3 is 2.52 bits per heavy atom. The van der Waals surface area contributed by atoms with Crippen LogP contribution in [-0.2, 0) is 28.1 Å². The van der Waals surface area contributed by atoms with Crippen molar-refractivity contribution in [2.75, 3.05) is 13.1 Å². The Bertz CT molecular complexity index is 1010. The molecule has 1 saturated carbocycles. The second-order valence-corrected chi connectivity index (χ2v) is 8.27. The fourth-order valence-electron chi connectivity index (χ4n) is 4.01. The van der Waals surface area contributed by atoms with E-state index >= 15 is 0 Å². The van der Waals surface area contributed by atoms with Crippen LogP contribution in [0.1, 0.15) is 61.8 Å². The number of hydrogen-bond acceptors (Lipinski definition) is 4. The van der Waals surface area contributed by atoms with Crippen molar-refractivity contribution in [1.82, 2.24) is 14.7 Å². The molecule has 164 valence electrons. The van der Waals surface area contributed by atoms with Gasteiger partial charge in [0, 0.05) is 50.3 Å². The van der Waals surface area contributed by atoms with E-state index in [2.05, 4.69) is 47.0 Å². The van der Waals surface area contributed by atoms with Gasteiger partial charge in [-0.05, 0) is 42.5 Å². The quantitative estimate of drug-likeness (QED) is 0.718. The van der Waals surface area contributed by atoms with Gasteiger partial charge in [0.25, 0.3) is 5.97 Å². The number of carbonyl (C=O) groups is 2. The van der Waals surface area contributed by atoms with Gasteiger partial charge in [-0.3, -0.25) is 19.2 Å². The lowest BCUT2D eigenvalue weighted by Gasteiger charge is -2.35. The first-order valence-electron chi connectivity index (χ1n) is 10.6. The minimum atomic E-state index is -0.833. The Morgan fingerprint density at radius 1 is 1.16 bits per heavy atom. The minimum absolute atomic E-state index is 0.209. The third-order valence-corrected chi connectivity index (χ3v) is 5.53. The summed E-state index contributed by atoms with van der Waals surface area (Å²) in [7, 11) is 0. The molecular formula is C24H29N3O4. The fraction of sp³-hybridized carbons (Fsp3) is 0.458. The van der Waals surface area contributed by atoms with Gasteiger partial charge in [-0.2, -0.15) is 5.10 Å². The van der Waals surface area contributed by atoms with Crippen molar-refractivity contribution < 1.29 is 19.8 Å². The normalized spacial score (nSPS) is 15.8. The summed E-state index contributed by atoms with van der Waals surface area (Å²) in [6.07, 6.45) is 7.46. The van der Waals surface area contributed by atoms with Gasteiger partial charge in [0.05, 0.1) is 18.2 Å². The Kier molecular flexibility index (Phi) is 7.13. The van der Waals surface area contributed by atoms with E-state index in [0.29, 0.717) is 6.54 Å². The standard InChI is InChI=1S/C22H25N3O2.C2H4O2/c1-2-10-25-14-18(13-23-25)4-3-17-5-6-19-15-24(11-7-21(26)27)16-22(8-9-22)20(19)12-17;1-2(3)4/h5-6,12-14H,2,7-11,15-16H2,1H3,(H,26,27);1H3,(H,3,4). The van der Waals surface area contributed by atoms with Crippen LogP contribution in [-0.4, -0.2) is 49.9 Å². The van der Waals surface area contributed by atoms with Crippen molar-refractivity contribution in [2.45, 2.75) is 58.0 Å². The van der Waals surface area contributed by atoms with Gasteiger partial charge in [-0.15, -0.1) is 0 Å². The molecule has 0 bridgehead atoms. The van der Waals surface area contributed by atoms with E-state index in [1.54, 1.807) is 0 Å². The van der Waals surface area contributed by atoms with E-state index < -0.39 is 11.9 Å². The summed E-state index contributed by atoms with van der Waals surface area (Å²) in [5, 5.41) is 20.7. The van der Waals surface area contributed by atoms with E-state index in [1.807, 2.05) is 17.1 Å². The first kappa shape index (κ1) is 22.6. The monoisotopic (exact) mass is 423 g/mol. The highest BCUT2D eigenvalue weighted by atomic mass is 16.4. The first-order valence-corrected chi connectivity index (χ1v) is 10.6. The Morgan fingerprint density at radius 2 is 1.87 bits per heavy atom. The highest BCUT2D eigenvalue weighted by Crippen LogP contribution is 2.52. The number of carboxylic acid groups (broad SMARTS) is 2. The van der Waals surface area contributed by atoms with Crippen molar-refractivity contribution in [2.24, 2.45) is 0 Å². The molecule has 1 spiro atoms. The molecule has 7 heteroatoms. The molecule has 0 saturated heterocycles. The molecule has 0 atom stereocenters. The molecular weight excluding hydrogens is 394 g/mol. The average molecular weight is 424 g/mol. The molecule has 2 aromatic rings. The zero-order valence-corrected chi connectivity index (χ0v) is 18.1. The summed E-state index contributed by atoms with van der Waals surface area (Å²) in [5.74, 6) is 4.96. The van der Waals surface area contributed by atoms with E-state index in [0.717, 1.165) is 44.1 Å². The number of hydrogen-bond donors (Lipinski definition) is 2. The molecule has 7 nitrogen and oxygen atoms in total. The van der Waals surface area contributed by atoms with Crippen LogP contribution in [0.5, 0.6) is 0 Å². The van der Waals surface area contributed by atoms with E-state index in [1.165, 1.54) is 24.0 Å². The summed E-state index contributed by atoms with van der Waals surface area (Å²) in [5.41, 5.74) is 4.95. The Hall–Kier alpha value is -3.11. The molecule has 31 heavy (non-hydrogen) atoms. The smallest absolute Gasteiger partial charge is 0.304 e. The number of benzene rings is 1. The summed E-state index contributed by atoms with van der Waals surface area (Å²) >= 11 is 0. The van der Waals surface area contributed by atoms with Crippen LogP contribution in [0.25, 0.3) is 0 Å². The molecule has 2 aliphatic rings. The van der Waals surface area contributed by atoms with Gasteiger partial charge in [0.15, 0.2) is 0 Å². The predicted molar refractivity (Wildman–Crippen MR) is 117 cm³/mol. The SMILES string of the molecule is CC(=O)O.CCCn1cc(C#Cc2ccc3c(c2)C2(CC2)CN(CCC(=O)O)C3)cn1. The zero-order chi connectivity index (χ0) is 22.4. The fourth-order valence-corrected chi connectivity index (χ4v) is 4.01. The summed E-state index contributed by atoms with van der Waals surface area (Å²) in [6.45, 7) is 6.56. The average Bonchev–Trinajstić information content (AvgIpc) is 3.33. The molecule has 2 heterocycles. The minimum Gasteiger partial charge on any atom is -0.481 e. The van der Waals surface area contributed by atoms with Gasteiger partial charge in [0.1, 0.15) is 0 Å². The maximum Gasteiger partial charge on any atom is 0.304 e. The van der Waals surface area contributed by atoms with E-state index in [4.69, 9.17) is 15.0 Å². The van der Waals surface area contributed by atoms with Crippen LogP contribution in [0.4, 0.5) is 0 Å². The van der Waals surface area contributed by atoms with E-state index in [-0.39, 0.29) is 11.8 Å². The van der Waals surface area contributed by atoms with Gasteiger partial charge in [-0.1, -0.05) is 24.8 Å². The number of aliphatic carboxylic acids is 2. The van der Waals surface area contributed by atoms with Crippen LogP contribution < -0.4 is 0 Å². The number of nitrogens with zero attached hydrogens (tertiary/aromatic N) is 3. The zero-order valence-electron chi connectivity index (χ0n) is 18.1. The predicted octanol–water partition coefficient (Wildman–Crippen LogP) is 3.11. The Labute approximate surface area is 182 Å². The van der Waals surface area contributed by atoms with Crippen molar-refractivity contribution >= 4 is 11.9 Å². The lowest BCUT2D eigenvalue weighted by atomic mass is 9.85. The maximum atomic E-state index is 10.9. The number of rotatable bonds is 5. The molecule has 1 aliphatic heterocycles. The number of fused-ring (bicyclic) bond motifs is 2. The van der Waals surface area contributed by atoms with E-state index in [9.17, 15) is 4.79 Å². The second-order valence-electron chi connectivity index (χ2n) is 8.27. The van der Waals surface area contributed by atoms with Crippen LogP contribution in [0.15, 0.2) is 30.6 Å². The number of carboxylic acids is 2. The molecule has 2 N–H and O–H groups in total. The summed E-state index contributed by atoms with van der Waals surface area (Å²) in [6, 6.07) is 6.51. The lowest BCUT2D eigenvalue weighted by molar-refractivity contribution is -0.137. The molecule has 1 aromatic carbocycles. The largest absolute Gasteiger partial charge is 0.481 e. The topological polar surface area (TPSA) is 95.7 Å². The van der Waals surface area contributed by atoms with Crippen LogP contribution >= 0.6 is 0 Å². The lowest BCUT2D eigenvalue weighted by Crippen LogP contribution is -2.39. The van der Waals surface area contributed by atoms with Gasteiger partial charge in [-0.25, -0.2) is 0 Å². The van der Waals surface area contributed by atoms with Crippen molar-refractivity contribution in [3.63, 3.8) is 0 Å². The third kappa shape index (κ3) is 6.19. The highest BCUT2D eigenvalue weighted by Gasteiger charge is 2.48. The second kappa shape index (κ2) is 9.80. The molecule has 0 unspecified atom stereocenters. The van der Waals surface area contributed by atoms with Gasteiger partial charge in [0.2, 0.25) is 0 Å². The third-order valence-electron chi connectivity index (χ3n) is 5.53. The molecule has 4 rings (SSSR count). The number of aromatic nitrogens is 2. The molecule has 0 radical (unpaired) electrons. The number of aryl methyl sites for hydroxylation is 1.